The number of benzene rings is 2. The molecule has 0 aromatic heterocycles. The molecule has 2 amide bonds. The van der Waals surface area contributed by atoms with Crippen molar-refractivity contribution in [2.45, 2.75) is 20.3 Å². The van der Waals surface area contributed by atoms with Gasteiger partial charge in [0, 0.05) is 36.9 Å². The minimum Gasteiger partial charge on any atom is -0.340 e. The normalized spacial score (nSPS) is 14.8. The van der Waals surface area contributed by atoms with Crippen LogP contribution in [0.4, 0.5) is 5.69 Å². The molecule has 1 aliphatic heterocycles. The minimum absolute atomic E-state index is 0.0648. The van der Waals surface area contributed by atoms with Crippen LogP contribution in [0, 0.1) is 13.8 Å². The zero-order valence-corrected chi connectivity index (χ0v) is 17.1. The van der Waals surface area contributed by atoms with E-state index in [-0.39, 0.29) is 11.8 Å². The molecule has 1 fully saturated rings. The minimum atomic E-state index is -0.0648. The van der Waals surface area contributed by atoms with Gasteiger partial charge in [-0.15, -0.1) is 0 Å². The lowest BCUT2D eigenvalue weighted by molar-refractivity contribution is -0.132. The van der Waals surface area contributed by atoms with Crippen LogP contribution in [-0.2, 0) is 16.0 Å². The van der Waals surface area contributed by atoms with E-state index < -0.39 is 0 Å². The second-order valence-electron chi connectivity index (χ2n) is 7.22. The first-order valence-electron chi connectivity index (χ1n) is 9.53. The SMILES string of the molecule is Cc1ccccc1CC(=O)N1CCN(CC(=O)Nc2cccc(Cl)c2C)CC1. The van der Waals surface area contributed by atoms with Crippen molar-refractivity contribution in [3.8, 4) is 0 Å². The van der Waals surface area contributed by atoms with Crippen molar-refractivity contribution in [2.75, 3.05) is 38.0 Å². The Bertz CT molecular complexity index is 861. The van der Waals surface area contributed by atoms with Gasteiger partial charge in [-0.3, -0.25) is 14.5 Å². The number of carbonyl (C=O) groups excluding carboxylic acids is 2. The fourth-order valence-corrected chi connectivity index (χ4v) is 3.55. The molecule has 1 N–H and O–H groups in total. The standard InChI is InChI=1S/C22H26ClN3O2/c1-16-6-3-4-7-18(16)14-22(28)26-12-10-25(11-13-26)15-21(27)24-20-9-5-8-19(23)17(20)2/h3-9H,10-15H2,1-2H3,(H,24,27). The molecule has 0 atom stereocenters. The molecule has 2 aromatic carbocycles. The molecule has 0 spiro atoms. The lowest BCUT2D eigenvalue weighted by atomic mass is 10.1. The number of hydrogen-bond acceptors (Lipinski definition) is 3. The highest BCUT2D eigenvalue weighted by Gasteiger charge is 2.23. The zero-order chi connectivity index (χ0) is 20.1. The lowest BCUT2D eigenvalue weighted by Gasteiger charge is -2.34. The smallest absolute Gasteiger partial charge is 0.238 e. The Morgan fingerprint density at radius 2 is 1.71 bits per heavy atom. The third kappa shape index (κ3) is 5.12. The first-order valence-corrected chi connectivity index (χ1v) is 9.91. The van der Waals surface area contributed by atoms with Gasteiger partial charge in [0.25, 0.3) is 0 Å². The number of amides is 2. The summed E-state index contributed by atoms with van der Waals surface area (Å²) in [6, 6.07) is 13.5. The Labute approximate surface area is 171 Å². The van der Waals surface area contributed by atoms with Crippen molar-refractivity contribution in [3.05, 3.63) is 64.2 Å². The molecule has 0 saturated carbocycles. The number of carbonyl (C=O) groups is 2. The molecule has 0 unspecified atom stereocenters. The van der Waals surface area contributed by atoms with Gasteiger partial charge in [-0.05, 0) is 42.7 Å². The molecule has 2 aromatic rings. The third-order valence-corrected chi connectivity index (χ3v) is 5.65. The van der Waals surface area contributed by atoms with Gasteiger partial charge in [0.05, 0.1) is 13.0 Å². The molecule has 0 bridgehead atoms. The predicted octanol–water partition coefficient (Wildman–Crippen LogP) is 3.28. The molecule has 1 aliphatic rings. The van der Waals surface area contributed by atoms with Gasteiger partial charge in [-0.25, -0.2) is 0 Å². The van der Waals surface area contributed by atoms with Crippen LogP contribution in [0.5, 0.6) is 0 Å². The molecule has 1 heterocycles. The van der Waals surface area contributed by atoms with E-state index in [1.54, 1.807) is 6.07 Å². The summed E-state index contributed by atoms with van der Waals surface area (Å²) in [5.74, 6) is 0.0815. The van der Waals surface area contributed by atoms with Crippen LogP contribution in [0.2, 0.25) is 5.02 Å². The molecule has 0 aliphatic carbocycles. The van der Waals surface area contributed by atoms with Crippen LogP contribution in [0.15, 0.2) is 42.5 Å². The Hall–Kier alpha value is -2.37. The average molecular weight is 400 g/mol. The van der Waals surface area contributed by atoms with E-state index in [0.29, 0.717) is 44.2 Å². The predicted molar refractivity (Wildman–Crippen MR) is 113 cm³/mol. The largest absolute Gasteiger partial charge is 0.340 e. The summed E-state index contributed by atoms with van der Waals surface area (Å²) in [6.07, 6.45) is 0.432. The van der Waals surface area contributed by atoms with Crippen molar-refractivity contribution in [3.63, 3.8) is 0 Å². The van der Waals surface area contributed by atoms with E-state index in [9.17, 15) is 9.59 Å². The monoisotopic (exact) mass is 399 g/mol. The Balaban J connectivity index is 1.47. The van der Waals surface area contributed by atoms with Gasteiger partial charge < -0.3 is 10.2 Å². The van der Waals surface area contributed by atoms with E-state index in [2.05, 4.69) is 10.2 Å². The fourth-order valence-electron chi connectivity index (χ4n) is 3.37. The van der Waals surface area contributed by atoms with Gasteiger partial charge in [0.1, 0.15) is 0 Å². The Kier molecular flexibility index (Phi) is 6.70. The van der Waals surface area contributed by atoms with Crippen LogP contribution in [0.3, 0.4) is 0 Å². The fraction of sp³-hybridized carbons (Fsp3) is 0.364. The summed E-state index contributed by atoms with van der Waals surface area (Å²) in [7, 11) is 0. The molecule has 28 heavy (non-hydrogen) atoms. The molecule has 6 heteroatoms. The lowest BCUT2D eigenvalue weighted by Crippen LogP contribution is -2.50. The van der Waals surface area contributed by atoms with E-state index in [1.807, 2.05) is 55.1 Å². The number of piperazine rings is 1. The van der Waals surface area contributed by atoms with E-state index in [1.165, 1.54) is 0 Å². The van der Waals surface area contributed by atoms with Crippen LogP contribution < -0.4 is 5.32 Å². The Morgan fingerprint density at radius 3 is 2.43 bits per heavy atom. The van der Waals surface area contributed by atoms with Gasteiger partial charge >= 0.3 is 0 Å². The maximum absolute atomic E-state index is 12.6. The van der Waals surface area contributed by atoms with Crippen molar-refractivity contribution in [1.29, 1.82) is 0 Å². The summed E-state index contributed by atoms with van der Waals surface area (Å²) in [5.41, 5.74) is 3.82. The molecular weight excluding hydrogens is 374 g/mol. The second kappa shape index (κ2) is 9.22. The van der Waals surface area contributed by atoms with Crippen molar-refractivity contribution in [1.82, 2.24) is 9.80 Å². The molecular formula is C22H26ClN3O2. The van der Waals surface area contributed by atoms with E-state index >= 15 is 0 Å². The topological polar surface area (TPSA) is 52.7 Å². The first kappa shape index (κ1) is 20.4. The molecule has 1 saturated heterocycles. The van der Waals surface area contributed by atoms with Crippen molar-refractivity contribution >= 4 is 29.1 Å². The highest BCUT2D eigenvalue weighted by molar-refractivity contribution is 6.31. The number of nitrogens with zero attached hydrogens (tertiary/aromatic N) is 2. The summed E-state index contributed by atoms with van der Waals surface area (Å²) < 4.78 is 0. The molecule has 0 radical (unpaired) electrons. The highest BCUT2D eigenvalue weighted by atomic mass is 35.5. The van der Waals surface area contributed by atoms with Crippen LogP contribution in [-0.4, -0.2) is 54.3 Å². The van der Waals surface area contributed by atoms with Gasteiger partial charge in [0.15, 0.2) is 0 Å². The van der Waals surface area contributed by atoms with Crippen molar-refractivity contribution < 1.29 is 9.59 Å². The molecule has 148 valence electrons. The van der Waals surface area contributed by atoms with Crippen molar-refractivity contribution in [2.24, 2.45) is 0 Å². The second-order valence-corrected chi connectivity index (χ2v) is 7.63. The zero-order valence-electron chi connectivity index (χ0n) is 16.4. The number of rotatable bonds is 5. The number of anilines is 1. The maximum Gasteiger partial charge on any atom is 0.238 e. The average Bonchev–Trinajstić information content (AvgIpc) is 2.68. The molecule has 3 rings (SSSR count). The van der Waals surface area contributed by atoms with Crippen LogP contribution in [0.1, 0.15) is 16.7 Å². The quantitative estimate of drug-likeness (QED) is 0.839. The van der Waals surface area contributed by atoms with Gasteiger partial charge in [-0.1, -0.05) is 41.9 Å². The summed E-state index contributed by atoms with van der Waals surface area (Å²) >= 11 is 6.10. The summed E-state index contributed by atoms with van der Waals surface area (Å²) in [4.78, 5) is 28.9. The Morgan fingerprint density at radius 1 is 1.00 bits per heavy atom. The van der Waals surface area contributed by atoms with Gasteiger partial charge in [-0.2, -0.15) is 0 Å². The first-order chi connectivity index (χ1) is 13.4. The number of hydrogen-bond donors (Lipinski definition) is 1. The maximum atomic E-state index is 12.6. The van der Waals surface area contributed by atoms with Crippen LogP contribution >= 0.6 is 11.6 Å². The number of halogens is 1. The van der Waals surface area contributed by atoms with E-state index in [4.69, 9.17) is 11.6 Å². The number of aryl methyl sites for hydroxylation is 1. The number of nitrogens with one attached hydrogen (secondary N) is 1. The third-order valence-electron chi connectivity index (χ3n) is 5.24. The van der Waals surface area contributed by atoms with Gasteiger partial charge in [0.2, 0.25) is 11.8 Å². The highest BCUT2D eigenvalue weighted by Crippen LogP contribution is 2.22. The molecule has 5 nitrogen and oxygen atoms in total. The summed E-state index contributed by atoms with van der Waals surface area (Å²) in [5, 5.41) is 3.56. The van der Waals surface area contributed by atoms with E-state index in [0.717, 1.165) is 22.4 Å². The summed E-state index contributed by atoms with van der Waals surface area (Å²) in [6.45, 7) is 6.91. The van der Waals surface area contributed by atoms with Crippen LogP contribution in [0.25, 0.3) is 0 Å².